The van der Waals surface area contributed by atoms with E-state index in [0.717, 1.165) is 11.3 Å². The number of aryl methyl sites for hydroxylation is 1. The SMILES string of the molecule is Cc1ccc(OCCCC(=O)NCc2ccc(C(=O)N3CCOCC3)cc2)cc1. The molecule has 0 bridgehead atoms. The number of rotatable bonds is 8. The predicted molar refractivity (Wildman–Crippen MR) is 111 cm³/mol. The second-order valence-electron chi connectivity index (χ2n) is 7.14. The van der Waals surface area contributed by atoms with Crippen LogP contribution in [0.25, 0.3) is 0 Å². The van der Waals surface area contributed by atoms with Gasteiger partial charge in [0, 0.05) is 31.6 Å². The Morgan fingerprint density at radius 3 is 2.41 bits per heavy atom. The molecule has 1 fully saturated rings. The number of hydrogen-bond acceptors (Lipinski definition) is 4. The van der Waals surface area contributed by atoms with E-state index < -0.39 is 0 Å². The van der Waals surface area contributed by atoms with E-state index in [9.17, 15) is 9.59 Å². The summed E-state index contributed by atoms with van der Waals surface area (Å²) < 4.78 is 10.9. The zero-order valence-electron chi connectivity index (χ0n) is 16.9. The molecule has 0 unspecified atom stereocenters. The van der Waals surface area contributed by atoms with Gasteiger partial charge in [-0.05, 0) is 43.2 Å². The molecule has 0 aromatic heterocycles. The van der Waals surface area contributed by atoms with Crippen LogP contribution in [0.2, 0.25) is 0 Å². The van der Waals surface area contributed by atoms with Crippen molar-refractivity contribution in [1.29, 1.82) is 0 Å². The van der Waals surface area contributed by atoms with Crippen molar-refractivity contribution in [3.63, 3.8) is 0 Å². The zero-order valence-corrected chi connectivity index (χ0v) is 16.9. The maximum absolute atomic E-state index is 12.4. The summed E-state index contributed by atoms with van der Waals surface area (Å²) in [5.74, 6) is 0.839. The predicted octanol–water partition coefficient (Wildman–Crippen LogP) is 2.94. The summed E-state index contributed by atoms with van der Waals surface area (Å²) >= 11 is 0. The Kier molecular flexibility index (Phi) is 7.64. The molecule has 2 aromatic rings. The molecule has 0 radical (unpaired) electrons. The second-order valence-corrected chi connectivity index (χ2v) is 7.14. The van der Waals surface area contributed by atoms with Crippen molar-refractivity contribution in [1.82, 2.24) is 10.2 Å². The molecule has 1 aliphatic heterocycles. The van der Waals surface area contributed by atoms with E-state index in [-0.39, 0.29) is 11.8 Å². The summed E-state index contributed by atoms with van der Waals surface area (Å²) in [7, 11) is 0. The van der Waals surface area contributed by atoms with E-state index >= 15 is 0 Å². The summed E-state index contributed by atoms with van der Waals surface area (Å²) in [5, 5.41) is 2.91. The van der Waals surface area contributed by atoms with Crippen molar-refractivity contribution < 1.29 is 19.1 Å². The van der Waals surface area contributed by atoms with Crippen LogP contribution in [0.4, 0.5) is 0 Å². The minimum Gasteiger partial charge on any atom is -0.494 e. The molecular weight excluding hydrogens is 368 g/mol. The highest BCUT2D eigenvalue weighted by Crippen LogP contribution is 2.12. The van der Waals surface area contributed by atoms with E-state index in [1.807, 2.05) is 55.5 Å². The fourth-order valence-corrected chi connectivity index (χ4v) is 3.06. The number of ether oxygens (including phenoxy) is 2. The van der Waals surface area contributed by atoms with Gasteiger partial charge < -0.3 is 19.7 Å². The van der Waals surface area contributed by atoms with Gasteiger partial charge in [0.1, 0.15) is 5.75 Å². The Morgan fingerprint density at radius 2 is 1.72 bits per heavy atom. The van der Waals surface area contributed by atoms with Crippen LogP contribution >= 0.6 is 0 Å². The molecule has 0 aliphatic carbocycles. The lowest BCUT2D eigenvalue weighted by molar-refractivity contribution is -0.121. The van der Waals surface area contributed by atoms with Gasteiger partial charge in [0.05, 0.1) is 19.8 Å². The fraction of sp³-hybridized carbons (Fsp3) is 0.391. The topological polar surface area (TPSA) is 67.9 Å². The van der Waals surface area contributed by atoms with Gasteiger partial charge >= 0.3 is 0 Å². The number of nitrogens with one attached hydrogen (secondary N) is 1. The molecule has 1 saturated heterocycles. The number of carbonyl (C=O) groups is 2. The Balaban J connectivity index is 1.35. The molecule has 2 aromatic carbocycles. The number of carbonyl (C=O) groups excluding carboxylic acids is 2. The smallest absolute Gasteiger partial charge is 0.254 e. The van der Waals surface area contributed by atoms with Crippen LogP contribution in [0.5, 0.6) is 5.75 Å². The van der Waals surface area contributed by atoms with Crippen LogP contribution in [-0.4, -0.2) is 49.6 Å². The van der Waals surface area contributed by atoms with Crippen molar-refractivity contribution >= 4 is 11.8 Å². The number of hydrogen-bond donors (Lipinski definition) is 1. The molecule has 3 rings (SSSR count). The molecule has 6 heteroatoms. The van der Waals surface area contributed by atoms with Crippen LogP contribution in [-0.2, 0) is 16.1 Å². The van der Waals surface area contributed by atoms with E-state index in [2.05, 4.69) is 5.32 Å². The van der Waals surface area contributed by atoms with Gasteiger partial charge in [-0.2, -0.15) is 0 Å². The standard InChI is InChI=1S/C23H28N2O4/c1-18-4-10-21(11-5-18)29-14-2-3-22(26)24-17-19-6-8-20(9-7-19)23(27)25-12-15-28-16-13-25/h4-11H,2-3,12-17H2,1H3,(H,24,26). The third kappa shape index (κ3) is 6.61. The highest BCUT2D eigenvalue weighted by molar-refractivity contribution is 5.94. The minimum absolute atomic E-state index is 0.00836. The summed E-state index contributed by atoms with van der Waals surface area (Å²) in [4.78, 5) is 26.3. The summed E-state index contributed by atoms with van der Waals surface area (Å²) in [6, 6.07) is 15.3. The maximum Gasteiger partial charge on any atom is 0.254 e. The van der Waals surface area contributed by atoms with Crippen molar-refractivity contribution in [3.8, 4) is 5.75 Å². The van der Waals surface area contributed by atoms with Crippen LogP contribution < -0.4 is 10.1 Å². The lowest BCUT2D eigenvalue weighted by atomic mass is 10.1. The van der Waals surface area contributed by atoms with Gasteiger partial charge in [-0.25, -0.2) is 0 Å². The van der Waals surface area contributed by atoms with Crippen LogP contribution in [0.1, 0.15) is 34.3 Å². The number of amides is 2. The summed E-state index contributed by atoms with van der Waals surface area (Å²) in [5.41, 5.74) is 2.82. The lowest BCUT2D eigenvalue weighted by Crippen LogP contribution is -2.40. The molecule has 0 atom stereocenters. The highest BCUT2D eigenvalue weighted by Gasteiger charge is 2.18. The van der Waals surface area contributed by atoms with Gasteiger partial charge in [0.25, 0.3) is 5.91 Å². The Morgan fingerprint density at radius 1 is 1.03 bits per heavy atom. The van der Waals surface area contributed by atoms with E-state index in [1.165, 1.54) is 5.56 Å². The first-order valence-electron chi connectivity index (χ1n) is 10.0. The van der Waals surface area contributed by atoms with Gasteiger partial charge in [0.2, 0.25) is 5.91 Å². The molecule has 1 aliphatic rings. The van der Waals surface area contributed by atoms with Gasteiger partial charge in [0.15, 0.2) is 0 Å². The van der Waals surface area contributed by atoms with Gasteiger partial charge in [-0.1, -0.05) is 29.8 Å². The molecule has 1 heterocycles. The molecule has 0 saturated carbocycles. The quantitative estimate of drug-likeness (QED) is 0.697. The Bertz CT molecular complexity index is 797. The second kappa shape index (κ2) is 10.6. The summed E-state index contributed by atoms with van der Waals surface area (Å²) in [6.07, 6.45) is 1.08. The van der Waals surface area contributed by atoms with Crippen molar-refractivity contribution in [2.75, 3.05) is 32.9 Å². The van der Waals surface area contributed by atoms with Crippen LogP contribution in [0.3, 0.4) is 0 Å². The lowest BCUT2D eigenvalue weighted by Gasteiger charge is -2.26. The highest BCUT2D eigenvalue weighted by atomic mass is 16.5. The number of benzene rings is 2. The average molecular weight is 396 g/mol. The van der Waals surface area contributed by atoms with Crippen molar-refractivity contribution in [3.05, 3.63) is 65.2 Å². The first kappa shape index (κ1) is 20.9. The van der Waals surface area contributed by atoms with E-state index in [1.54, 1.807) is 4.90 Å². The summed E-state index contributed by atoms with van der Waals surface area (Å²) in [6.45, 7) is 5.43. The Labute approximate surface area is 171 Å². The molecule has 2 amide bonds. The normalized spacial score (nSPS) is 13.8. The molecular formula is C23H28N2O4. The molecule has 6 nitrogen and oxygen atoms in total. The average Bonchev–Trinajstić information content (AvgIpc) is 2.77. The number of nitrogens with zero attached hydrogens (tertiary/aromatic N) is 1. The largest absolute Gasteiger partial charge is 0.494 e. The first-order chi connectivity index (χ1) is 14.1. The minimum atomic E-state index is -0.00836. The Hall–Kier alpha value is -2.86. The van der Waals surface area contributed by atoms with Crippen LogP contribution in [0, 0.1) is 6.92 Å². The van der Waals surface area contributed by atoms with E-state index in [0.29, 0.717) is 57.9 Å². The fourth-order valence-electron chi connectivity index (χ4n) is 3.06. The first-order valence-corrected chi connectivity index (χ1v) is 10.0. The van der Waals surface area contributed by atoms with Gasteiger partial charge in [-0.15, -0.1) is 0 Å². The van der Waals surface area contributed by atoms with Crippen molar-refractivity contribution in [2.24, 2.45) is 0 Å². The van der Waals surface area contributed by atoms with Gasteiger partial charge in [-0.3, -0.25) is 9.59 Å². The van der Waals surface area contributed by atoms with E-state index in [4.69, 9.17) is 9.47 Å². The maximum atomic E-state index is 12.4. The molecule has 154 valence electrons. The zero-order chi connectivity index (χ0) is 20.5. The molecule has 0 spiro atoms. The molecule has 29 heavy (non-hydrogen) atoms. The van der Waals surface area contributed by atoms with Crippen molar-refractivity contribution in [2.45, 2.75) is 26.3 Å². The molecule has 1 N–H and O–H groups in total. The third-order valence-corrected chi connectivity index (χ3v) is 4.83. The van der Waals surface area contributed by atoms with Crippen LogP contribution in [0.15, 0.2) is 48.5 Å². The number of morpholine rings is 1. The third-order valence-electron chi connectivity index (χ3n) is 4.83. The monoisotopic (exact) mass is 396 g/mol.